The second kappa shape index (κ2) is 8.11. The van der Waals surface area contributed by atoms with Gasteiger partial charge in [0, 0.05) is 63.5 Å². The number of morpholine rings is 1. The van der Waals surface area contributed by atoms with Crippen molar-refractivity contribution in [1.82, 2.24) is 15.0 Å². The van der Waals surface area contributed by atoms with Gasteiger partial charge in [-0.05, 0) is 19.1 Å². The molecule has 0 N–H and O–H groups in total. The van der Waals surface area contributed by atoms with Crippen LogP contribution in [0.2, 0.25) is 0 Å². The van der Waals surface area contributed by atoms with Crippen LogP contribution in [0.3, 0.4) is 0 Å². The number of aryl methyl sites for hydroxylation is 1. The van der Waals surface area contributed by atoms with Crippen molar-refractivity contribution in [3.05, 3.63) is 30.1 Å². The first-order valence-corrected chi connectivity index (χ1v) is 11.6. The van der Waals surface area contributed by atoms with Crippen LogP contribution in [-0.4, -0.2) is 82.1 Å². The van der Waals surface area contributed by atoms with Crippen molar-refractivity contribution >= 4 is 27.4 Å². The van der Waals surface area contributed by atoms with Gasteiger partial charge in [0.2, 0.25) is 5.95 Å². The van der Waals surface area contributed by atoms with Crippen LogP contribution in [0.15, 0.2) is 29.3 Å². The van der Waals surface area contributed by atoms with Gasteiger partial charge in [-0.25, -0.2) is 18.4 Å². The molecular formula is C19H26N6O3S. The highest BCUT2D eigenvalue weighted by molar-refractivity contribution is 7.90. The summed E-state index contributed by atoms with van der Waals surface area (Å²) in [6, 6.07) is 5.28. The Bertz CT molecular complexity index is 970. The molecular weight excluding hydrogens is 392 g/mol. The summed E-state index contributed by atoms with van der Waals surface area (Å²) >= 11 is 0. The van der Waals surface area contributed by atoms with Crippen LogP contribution in [0.5, 0.6) is 0 Å². The molecule has 0 amide bonds. The van der Waals surface area contributed by atoms with Crippen LogP contribution in [0, 0.1) is 6.92 Å². The lowest BCUT2D eigenvalue weighted by Crippen LogP contribution is -2.47. The van der Waals surface area contributed by atoms with Gasteiger partial charge in [0.15, 0.2) is 9.84 Å². The SMILES string of the molecule is Cc1cc(N2CCN(c3ncccc3S(C)(=O)=O)CC2)nc(N2CCOCC2)n1. The number of ether oxygens (including phenoxy) is 1. The van der Waals surface area contributed by atoms with Crippen molar-refractivity contribution in [1.29, 1.82) is 0 Å². The number of hydrogen-bond donors (Lipinski definition) is 0. The molecule has 156 valence electrons. The Morgan fingerprint density at radius 3 is 2.34 bits per heavy atom. The van der Waals surface area contributed by atoms with Gasteiger partial charge >= 0.3 is 0 Å². The lowest BCUT2D eigenvalue weighted by molar-refractivity contribution is 0.122. The van der Waals surface area contributed by atoms with Crippen LogP contribution in [0.4, 0.5) is 17.6 Å². The van der Waals surface area contributed by atoms with Crippen LogP contribution in [0.25, 0.3) is 0 Å². The van der Waals surface area contributed by atoms with Crippen LogP contribution < -0.4 is 14.7 Å². The Labute approximate surface area is 171 Å². The molecule has 2 aromatic heterocycles. The molecule has 0 saturated carbocycles. The second-order valence-corrected chi connectivity index (χ2v) is 9.32. The van der Waals surface area contributed by atoms with E-state index in [4.69, 9.17) is 9.72 Å². The molecule has 2 aliphatic heterocycles. The number of anilines is 3. The van der Waals surface area contributed by atoms with E-state index in [0.717, 1.165) is 43.6 Å². The minimum Gasteiger partial charge on any atom is -0.378 e. The van der Waals surface area contributed by atoms with Crippen LogP contribution in [-0.2, 0) is 14.6 Å². The first-order chi connectivity index (χ1) is 13.9. The zero-order chi connectivity index (χ0) is 20.4. The molecule has 0 spiro atoms. The molecule has 0 bridgehead atoms. The monoisotopic (exact) mass is 418 g/mol. The van der Waals surface area contributed by atoms with Gasteiger partial charge in [-0.1, -0.05) is 0 Å². The number of rotatable bonds is 4. The third-order valence-electron chi connectivity index (χ3n) is 5.18. The fourth-order valence-electron chi connectivity index (χ4n) is 3.66. The third-order valence-corrected chi connectivity index (χ3v) is 6.29. The second-order valence-electron chi connectivity index (χ2n) is 7.34. The van der Waals surface area contributed by atoms with E-state index < -0.39 is 9.84 Å². The maximum atomic E-state index is 12.1. The lowest BCUT2D eigenvalue weighted by Gasteiger charge is -2.37. The summed E-state index contributed by atoms with van der Waals surface area (Å²) < 4.78 is 29.6. The average molecular weight is 419 g/mol. The molecule has 9 nitrogen and oxygen atoms in total. The summed E-state index contributed by atoms with van der Waals surface area (Å²) in [6.45, 7) is 7.78. The highest BCUT2D eigenvalue weighted by atomic mass is 32.2. The maximum absolute atomic E-state index is 12.1. The molecule has 0 radical (unpaired) electrons. The standard InChI is InChI=1S/C19H26N6O3S/c1-15-14-17(22-19(21-15)25-10-12-28-13-11-25)23-6-8-24(9-7-23)18-16(29(2,26)27)4-3-5-20-18/h3-5,14H,6-13H2,1-2H3. The third kappa shape index (κ3) is 4.43. The normalized spacial score (nSPS) is 18.2. The number of nitrogens with zero attached hydrogens (tertiary/aromatic N) is 6. The molecule has 0 unspecified atom stereocenters. The maximum Gasteiger partial charge on any atom is 0.227 e. The van der Waals surface area contributed by atoms with E-state index in [1.165, 1.54) is 6.26 Å². The number of pyridine rings is 1. The van der Waals surface area contributed by atoms with Crippen molar-refractivity contribution in [2.75, 3.05) is 73.4 Å². The van der Waals surface area contributed by atoms with Gasteiger partial charge in [-0.3, -0.25) is 0 Å². The van der Waals surface area contributed by atoms with Gasteiger partial charge in [-0.15, -0.1) is 0 Å². The molecule has 2 saturated heterocycles. The predicted molar refractivity (Wildman–Crippen MR) is 112 cm³/mol. The van der Waals surface area contributed by atoms with Gasteiger partial charge in [0.25, 0.3) is 0 Å². The lowest BCUT2D eigenvalue weighted by atomic mass is 10.3. The molecule has 0 aliphatic carbocycles. The smallest absolute Gasteiger partial charge is 0.227 e. The Kier molecular flexibility index (Phi) is 5.55. The molecule has 0 atom stereocenters. The minimum atomic E-state index is -3.33. The van der Waals surface area contributed by atoms with E-state index in [1.807, 2.05) is 17.9 Å². The van der Waals surface area contributed by atoms with Gasteiger partial charge in [0.05, 0.1) is 13.2 Å². The predicted octanol–water partition coefficient (Wildman–Crippen LogP) is 0.747. The quantitative estimate of drug-likeness (QED) is 0.713. The summed E-state index contributed by atoms with van der Waals surface area (Å²) in [7, 11) is -3.33. The Morgan fingerprint density at radius 1 is 0.966 bits per heavy atom. The largest absolute Gasteiger partial charge is 0.378 e. The fourth-order valence-corrected chi connectivity index (χ4v) is 4.50. The first-order valence-electron chi connectivity index (χ1n) is 9.75. The zero-order valence-corrected chi connectivity index (χ0v) is 17.6. The van der Waals surface area contributed by atoms with E-state index in [0.29, 0.717) is 32.1 Å². The summed E-state index contributed by atoms with van der Waals surface area (Å²) in [5.41, 5.74) is 0.933. The van der Waals surface area contributed by atoms with E-state index >= 15 is 0 Å². The Balaban J connectivity index is 1.50. The van der Waals surface area contributed by atoms with E-state index in [2.05, 4.69) is 19.8 Å². The van der Waals surface area contributed by atoms with Crippen molar-refractivity contribution in [3.63, 3.8) is 0 Å². The van der Waals surface area contributed by atoms with Crippen molar-refractivity contribution in [3.8, 4) is 0 Å². The number of aromatic nitrogens is 3. The summed E-state index contributed by atoms with van der Waals surface area (Å²) in [6.07, 6.45) is 2.86. The molecule has 4 heterocycles. The van der Waals surface area contributed by atoms with E-state index in [1.54, 1.807) is 18.3 Å². The van der Waals surface area contributed by atoms with Crippen LogP contribution >= 0.6 is 0 Å². The molecule has 2 fully saturated rings. The molecule has 2 aliphatic rings. The summed E-state index contributed by atoms with van der Waals surface area (Å²) in [4.78, 5) is 20.4. The van der Waals surface area contributed by atoms with Gasteiger partial charge < -0.3 is 19.4 Å². The summed E-state index contributed by atoms with van der Waals surface area (Å²) in [5, 5.41) is 0. The van der Waals surface area contributed by atoms with Crippen LogP contribution in [0.1, 0.15) is 5.69 Å². The minimum absolute atomic E-state index is 0.279. The molecule has 29 heavy (non-hydrogen) atoms. The Hall–Kier alpha value is -2.46. The number of piperazine rings is 1. The summed E-state index contributed by atoms with van der Waals surface area (Å²) in [5.74, 6) is 2.18. The van der Waals surface area contributed by atoms with Crippen molar-refractivity contribution in [2.24, 2.45) is 0 Å². The molecule has 0 aromatic carbocycles. The van der Waals surface area contributed by atoms with E-state index in [9.17, 15) is 8.42 Å². The molecule has 10 heteroatoms. The highest BCUT2D eigenvalue weighted by Gasteiger charge is 2.25. The topological polar surface area (TPSA) is 91.8 Å². The van der Waals surface area contributed by atoms with Gasteiger partial charge in [-0.2, -0.15) is 4.98 Å². The Morgan fingerprint density at radius 2 is 1.66 bits per heavy atom. The molecule has 4 rings (SSSR count). The van der Waals surface area contributed by atoms with Crippen molar-refractivity contribution in [2.45, 2.75) is 11.8 Å². The highest BCUT2D eigenvalue weighted by Crippen LogP contribution is 2.25. The zero-order valence-electron chi connectivity index (χ0n) is 16.8. The van der Waals surface area contributed by atoms with Gasteiger partial charge in [0.1, 0.15) is 16.5 Å². The average Bonchev–Trinajstić information content (AvgIpc) is 2.73. The molecule has 2 aromatic rings. The number of sulfone groups is 1. The first kappa shape index (κ1) is 19.8. The number of hydrogen-bond acceptors (Lipinski definition) is 9. The van der Waals surface area contributed by atoms with E-state index in [-0.39, 0.29) is 4.90 Å². The van der Waals surface area contributed by atoms with Crippen molar-refractivity contribution < 1.29 is 13.2 Å². The fraction of sp³-hybridized carbons (Fsp3) is 0.526.